The normalized spacial score (nSPS) is 56.6. The van der Waals surface area contributed by atoms with Crippen molar-refractivity contribution < 1.29 is 88.3 Å². The summed E-state index contributed by atoms with van der Waals surface area (Å²) < 4.78 is 55.7. The lowest BCUT2D eigenvalue weighted by molar-refractivity contribution is -0.388. The number of allylic oxidation sites excluding steroid dienone is 1. The number of carbonyl (C=O) groups is 1. The molecular formula is C47H74O18. The fraction of sp³-hybridized carbons (Fsp3) is 0.936. The minimum Gasteiger partial charge on any atom is -0.463 e. The van der Waals surface area contributed by atoms with E-state index < -0.39 is 122 Å². The van der Waals surface area contributed by atoms with Gasteiger partial charge in [0.2, 0.25) is 0 Å². The first-order valence-electron chi connectivity index (χ1n) is 24.2. The van der Waals surface area contributed by atoms with Gasteiger partial charge in [-0.15, -0.1) is 0 Å². The van der Waals surface area contributed by atoms with Crippen LogP contribution in [0.1, 0.15) is 106 Å². The first-order valence-corrected chi connectivity index (χ1v) is 24.2. The summed E-state index contributed by atoms with van der Waals surface area (Å²) in [5.74, 6) is -0.0447. The summed E-state index contributed by atoms with van der Waals surface area (Å²) in [7, 11) is 0. The lowest BCUT2D eigenvalue weighted by atomic mass is 9.46. The van der Waals surface area contributed by atoms with Crippen LogP contribution in [0.25, 0.3) is 0 Å². The third kappa shape index (κ3) is 7.89. The van der Waals surface area contributed by atoms with E-state index in [0.717, 1.165) is 44.9 Å². The van der Waals surface area contributed by atoms with Gasteiger partial charge in [0.05, 0.1) is 31.0 Å². The van der Waals surface area contributed by atoms with E-state index in [9.17, 15) is 45.6 Å². The molecule has 5 saturated heterocycles. The van der Waals surface area contributed by atoms with Crippen molar-refractivity contribution in [2.75, 3.05) is 13.2 Å². The van der Waals surface area contributed by atoms with Gasteiger partial charge < -0.3 is 83.5 Å². The van der Waals surface area contributed by atoms with E-state index in [0.29, 0.717) is 37.2 Å². The molecule has 9 aliphatic rings. The van der Waals surface area contributed by atoms with E-state index in [1.807, 2.05) is 0 Å². The fourth-order valence-corrected chi connectivity index (χ4v) is 14.1. The molecule has 65 heavy (non-hydrogen) atoms. The summed E-state index contributed by atoms with van der Waals surface area (Å²) in [6.07, 6.45) is -13.2. The van der Waals surface area contributed by atoms with Crippen LogP contribution in [-0.2, 0) is 47.4 Å². The zero-order chi connectivity index (χ0) is 46.7. The van der Waals surface area contributed by atoms with E-state index in [1.165, 1.54) is 26.3 Å². The van der Waals surface area contributed by atoms with Gasteiger partial charge in [-0.1, -0.05) is 39.3 Å². The first kappa shape index (κ1) is 48.6. The smallest absolute Gasteiger partial charge is 0.302 e. The molecule has 0 aromatic carbocycles. The number of rotatable bonds is 8. The molecule has 0 aromatic rings. The minimum absolute atomic E-state index is 0.135. The van der Waals surface area contributed by atoms with Crippen LogP contribution in [0.15, 0.2) is 11.6 Å². The molecule has 5 heterocycles. The highest BCUT2D eigenvalue weighted by molar-refractivity contribution is 5.65. The van der Waals surface area contributed by atoms with Crippen molar-refractivity contribution in [2.45, 2.75) is 222 Å². The molecule has 0 aromatic heterocycles. The summed E-state index contributed by atoms with van der Waals surface area (Å²) in [6.45, 7) is 13.4. The Bertz CT molecular complexity index is 1760. The Hall–Kier alpha value is -1.43. The molecule has 4 aliphatic carbocycles. The number of esters is 1. The van der Waals surface area contributed by atoms with Gasteiger partial charge in [0.25, 0.3) is 0 Å². The summed E-state index contributed by atoms with van der Waals surface area (Å²) >= 11 is 0. The van der Waals surface area contributed by atoms with Crippen LogP contribution in [0.5, 0.6) is 0 Å². The van der Waals surface area contributed by atoms with Gasteiger partial charge in [0, 0.05) is 24.7 Å². The molecule has 18 nitrogen and oxygen atoms in total. The van der Waals surface area contributed by atoms with Crippen LogP contribution < -0.4 is 0 Å². The second kappa shape index (κ2) is 17.8. The lowest BCUT2D eigenvalue weighted by Crippen LogP contribution is -2.66. The number of aliphatic hydroxyl groups excluding tert-OH is 7. The number of ether oxygens (including phenoxy) is 9. The summed E-state index contributed by atoms with van der Waals surface area (Å²) in [4.78, 5) is 12.1. The maximum absolute atomic E-state index is 12.8. The molecule has 18 heteroatoms. The molecule has 0 amide bonds. The Morgan fingerprint density at radius 1 is 0.738 bits per heavy atom. The van der Waals surface area contributed by atoms with Crippen LogP contribution in [0.3, 0.4) is 0 Å². The van der Waals surface area contributed by atoms with Crippen molar-refractivity contribution in [3.8, 4) is 0 Å². The highest BCUT2D eigenvalue weighted by Crippen LogP contribution is 2.72. The molecule has 8 N–H and O–H groups in total. The Labute approximate surface area is 380 Å². The predicted octanol–water partition coefficient (Wildman–Crippen LogP) is 0.927. The molecule has 26 atom stereocenters. The Morgan fingerprint density at radius 2 is 1.38 bits per heavy atom. The molecule has 1 spiro atoms. The van der Waals surface area contributed by atoms with Crippen molar-refractivity contribution in [3.63, 3.8) is 0 Å². The summed E-state index contributed by atoms with van der Waals surface area (Å²) in [5.41, 5.74) is -0.175. The van der Waals surface area contributed by atoms with Gasteiger partial charge >= 0.3 is 5.97 Å². The number of fused-ring (bicyclic) bond motifs is 7. The number of hydrogen-bond acceptors (Lipinski definition) is 18. The third-order valence-electron chi connectivity index (χ3n) is 18.2. The molecule has 0 bridgehead atoms. The number of hydrogen-bond donors (Lipinski definition) is 8. The van der Waals surface area contributed by atoms with Crippen LogP contribution in [0.2, 0.25) is 0 Å². The largest absolute Gasteiger partial charge is 0.463 e. The molecule has 9 rings (SSSR count). The second-order valence-electron chi connectivity index (χ2n) is 21.8. The molecule has 370 valence electrons. The van der Waals surface area contributed by atoms with Gasteiger partial charge in [-0.25, -0.2) is 0 Å². The minimum atomic E-state index is -1.75. The van der Waals surface area contributed by atoms with Crippen molar-refractivity contribution in [1.82, 2.24) is 0 Å². The Morgan fingerprint density at radius 3 is 2.00 bits per heavy atom. The Kier molecular flexibility index (Phi) is 13.3. The van der Waals surface area contributed by atoms with Crippen molar-refractivity contribution in [3.05, 3.63) is 11.6 Å². The van der Waals surface area contributed by atoms with Gasteiger partial charge in [0.15, 0.2) is 24.7 Å². The van der Waals surface area contributed by atoms with Crippen molar-refractivity contribution in [1.29, 1.82) is 0 Å². The molecule has 3 saturated carbocycles. The van der Waals surface area contributed by atoms with Gasteiger partial charge in [-0.2, -0.15) is 0 Å². The van der Waals surface area contributed by atoms with E-state index in [2.05, 4.69) is 33.8 Å². The predicted molar refractivity (Wildman–Crippen MR) is 224 cm³/mol. The van der Waals surface area contributed by atoms with E-state index in [-0.39, 0.29) is 28.8 Å². The fourth-order valence-electron chi connectivity index (χ4n) is 14.1. The van der Waals surface area contributed by atoms with Crippen molar-refractivity contribution >= 4 is 5.97 Å². The maximum Gasteiger partial charge on any atom is 0.302 e. The maximum atomic E-state index is 12.8. The average molecular weight is 927 g/mol. The molecule has 0 radical (unpaired) electrons. The second-order valence-corrected chi connectivity index (χ2v) is 21.8. The first-order chi connectivity index (χ1) is 30.6. The topological polar surface area (TPSA) is 262 Å². The number of carbonyl (C=O) groups excluding carboxylic acids is 1. The van der Waals surface area contributed by atoms with Crippen LogP contribution >= 0.6 is 0 Å². The van der Waals surface area contributed by atoms with Gasteiger partial charge in [-0.3, -0.25) is 4.79 Å². The standard InChI is InChI=1S/C47H74O18/c1-20-10-15-46(58-18-20)23(4)47(56)31(65-46)17-29-27-9-8-25-16-26(11-13-44(25,6)28(27)12-14-45(29,47)7)61-43-40(64-42-37(54)35(52)33(50)22(3)60-42)38(55)39(30(62-43)19-57-24(5)48)63-41-36(53)34(51)32(49)21(2)59-41/h8,20-23,26-43,49-56H,9-19H2,1-7H3/t20-,21+,22+,23-,26+,27-,28+,29-,30-,31+,32+,33+,34-,35-,36-,37-,38+,39-,40-,41-,42-,43-,44+,45+,46-,47-/m1/s1. The Balaban J connectivity index is 0.946. The zero-order valence-electron chi connectivity index (χ0n) is 38.7. The van der Waals surface area contributed by atoms with Crippen molar-refractivity contribution in [2.24, 2.45) is 40.4 Å². The number of aliphatic hydroxyl groups is 8. The molecule has 8 fully saturated rings. The van der Waals surface area contributed by atoms with E-state index in [4.69, 9.17) is 42.6 Å². The van der Waals surface area contributed by atoms with Gasteiger partial charge in [0.1, 0.15) is 73.2 Å². The molecule has 5 aliphatic heterocycles. The van der Waals surface area contributed by atoms with E-state index in [1.54, 1.807) is 0 Å². The zero-order valence-corrected chi connectivity index (χ0v) is 38.7. The molecule has 0 unspecified atom stereocenters. The van der Waals surface area contributed by atoms with E-state index >= 15 is 0 Å². The van der Waals surface area contributed by atoms with Crippen LogP contribution in [0.4, 0.5) is 0 Å². The van der Waals surface area contributed by atoms with Crippen LogP contribution in [0, 0.1) is 40.4 Å². The van der Waals surface area contributed by atoms with Crippen LogP contribution in [-0.4, -0.2) is 176 Å². The van der Waals surface area contributed by atoms with Gasteiger partial charge in [-0.05, 0) is 94.3 Å². The SMILES string of the molecule is CC(=O)OC[C@H]1O[C@@H](O[C@H]2CC[C@@]3(C)C(=CC[C@H]4[C@H]5C[C@@H]6O[C@]7(CC[C@@H](C)CO7)[C@@H](C)[C@]6(O)[C@@]5(C)CC[C@@H]43)C2)[C@H](O[C@H]2O[C@@H](C)[C@H](O)[C@@H](O)[C@H]2O)[C@@H](O)[C@@H]1O[C@H]1O[C@@H](C)[C@H](O)[C@@H](O)[C@H]1O. The highest BCUT2D eigenvalue weighted by atomic mass is 16.8. The lowest BCUT2D eigenvalue weighted by Gasteiger charge is -2.60. The summed E-state index contributed by atoms with van der Waals surface area (Å²) in [5, 5.41) is 88.9. The third-order valence-corrected chi connectivity index (χ3v) is 18.2. The molecular weight excluding hydrogens is 852 g/mol. The monoisotopic (exact) mass is 926 g/mol. The highest BCUT2D eigenvalue weighted by Gasteiger charge is 2.76. The average Bonchev–Trinajstić information content (AvgIpc) is 3.63. The quantitative estimate of drug-likeness (QED) is 0.124. The summed E-state index contributed by atoms with van der Waals surface area (Å²) in [6, 6.07) is 0.